The maximum Gasteiger partial charge on any atom is 0.422 e. The summed E-state index contributed by atoms with van der Waals surface area (Å²) in [6.45, 7) is -1.54. The Balaban J connectivity index is 1.48. The van der Waals surface area contributed by atoms with Gasteiger partial charge in [0.15, 0.2) is 12.4 Å². The number of Topliss-reactive ketones (excluding diaryl/α,β-unsaturated/α-hetero) is 1. The normalized spacial score (nSPS) is 14.1. The highest BCUT2D eigenvalue weighted by molar-refractivity contribution is 6.30. The number of aromatic nitrogens is 3. The number of alkyl halides is 3. The average molecular weight is 563 g/mol. The molecular weight excluding hydrogens is 537 g/mol. The number of hydrogen-bond acceptors (Lipinski definition) is 7. The molecule has 4 rings (SSSR count). The first kappa shape index (κ1) is 28.3. The largest absolute Gasteiger partial charge is 0.481 e. The van der Waals surface area contributed by atoms with E-state index in [0.717, 1.165) is 24.0 Å². The first-order valence-electron chi connectivity index (χ1n) is 12.3. The van der Waals surface area contributed by atoms with Crippen molar-refractivity contribution in [2.45, 2.75) is 56.7 Å². The number of nitrogens with zero attached hydrogens (tertiary/aromatic N) is 3. The third-order valence-corrected chi connectivity index (χ3v) is 6.46. The first-order valence-corrected chi connectivity index (χ1v) is 12.7. The first-order chi connectivity index (χ1) is 18.5. The molecule has 8 nitrogen and oxygen atoms in total. The lowest BCUT2D eigenvalue weighted by Gasteiger charge is -2.19. The summed E-state index contributed by atoms with van der Waals surface area (Å²) < 4.78 is 43.2. The van der Waals surface area contributed by atoms with Crippen LogP contribution < -0.4 is 10.1 Å². The van der Waals surface area contributed by atoms with Crippen molar-refractivity contribution in [3.05, 3.63) is 76.1 Å². The second kappa shape index (κ2) is 12.0. The second-order valence-electron chi connectivity index (χ2n) is 9.37. The van der Waals surface area contributed by atoms with Crippen LogP contribution in [-0.4, -0.2) is 44.6 Å². The number of benzene rings is 2. The number of halogens is 4. The molecular formula is C27H26ClF3N4O4. The topological polar surface area (TPSA) is 114 Å². The number of unbranched alkanes of at least 4 members (excludes halogenated alkanes) is 1. The summed E-state index contributed by atoms with van der Waals surface area (Å²) in [5, 5.41) is 12.5. The van der Waals surface area contributed by atoms with Gasteiger partial charge in [-0.1, -0.05) is 48.0 Å². The predicted molar refractivity (Wildman–Crippen MR) is 137 cm³/mol. The fraction of sp³-hybridized carbons (Fsp3) is 0.370. The summed E-state index contributed by atoms with van der Waals surface area (Å²) in [5.41, 5.74) is 1.71. The molecule has 0 radical (unpaired) electrons. The molecule has 0 atom stereocenters. The summed E-state index contributed by atoms with van der Waals surface area (Å²) in [7, 11) is 0. The lowest BCUT2D eigenvalue weighted by Crippen LogP contribution is -2.23. The minimum absolute atomic E-state index is 0.0183. The van der Waals surface area contributed by atoms with E-state index in [-0.39, 0.29) is 36.8 Å². The van der Waals surface area contributed by atoms with Gasteiger partial charge in [0, 0.05) is 29.8 Å². The summed E-state index contributed by atoms with van der Waals surface area (Å²) in [6, 6.07) is 13.6. The van der Waals surface area contributed by atoms with Gasteiger partial charge in [-0.05, 0) is 48.9 Å². The van der Waals surface area contributed by atoms with Crippen molar-refractivity contribution in [1.29, 1.82) is 0 Å². The number of ketones is 1. The zero-order valence-corrected chi connectivity index (χ0v) is 21.6. The third kappa shape index (κ3) is 8.38. The molecule has 1 fully saturated rings. The quantitative estimate of drug-likeness (QED) is 0.193. The number of carbonyl (C=O) groups excluding carboxylic acids is 1. The summed E-state index contributed by atoms with van der Waals surface area (Å²) in [6.07, 6.45) is -1.67. The lowest BCUT2D eigenvalue weighted by atomic mass is 10.0. The minimum atomic E-state index is -4.56. The Labute approximate surface area is 227 Å². The van der Waals surface area contributed by atoms with Crippen LogP contribution in [0.15, 0.2) is 48.5 Å². The van der Waals surface area contributed by atoms with E-state index in [9.17, 15) is 22.8 Å². The Hall–Kier alpha value is -3.73. The van der Waals surface area contributed by atoms with Crippen molar-refractivity contribution in [2.75, 3.05) is 11.9 Å². The fourth-order valence-electron chi connectivity index (χ4n) is 4.04. The standard InChI is InChI=1S/C27H26ClF3N4O4/c28-20-11-9-19(10-12-20)26(13-14-26)35-24-32-22(33-25(34-24)39-16-27(29,30)31)15-17-5-7-18(8-6-17)21(36)3-1-2-4-23(37)38/h5-12H,1-4,13-16H2,(H,37,38)(H,32,33,34,35). The highest BCUT2D eigenvalue weighted by Crippen LogP contribution is 2.48. The van der Waals surface area contributed by atoms with Gasteiger partial charge in [-0.15, -0.1) is 0 Å². The van der Waals surface area contributed by atoms with E-state index in [0.29, 0.717) is 23.4 Å². The molecule has 0 spiro atoms. The molecule has 0 amide bonds. The van der Waals surface area contributed by atoms with Crippen LogP contribution in [0.4, 0.5) is 19.1 Å². The van der Waals surface area contributed by atoms with Crippen molar-refractivity contribution in [3.8, 4) is 6.01 Å². The molecule has 2 aromatic carbocycles. The zero-order chi connectivity index (χ0) is 28.0. The second-order valence-corrected chi connectivity index (χ2v) is 9.81. The average Bonchev–Trinajstić information content (AvgIpc) is 3.66. The molecule has 3 aromatic rings. The van der Waals surface area contributed by atoms with Crippen molar-refractivity contribution in [2.24, 2.45) is 0 Å². The van der Waals surface area contributed by atoms with Crippen LogP contribution in [0.3, 0.4) is 0 Å². The molecule has 0 saturated heterocycles. The number of hydrogen-bond donors (Lipinski definition) is 2. The van der Waals surface area contributed by atoms with Crippen LogP contribution in [0.25, 0.3) is 0 Å². The van der Waals surface area contributed by atoms with E-state index in [1.807, 2.05) is 12.1 Å². The van der Waals surface area contributed by atoms with E-state index < -0.39 is 30.3 Å². The smallest absolute Gasteiger partial charge is 0.422 e. The highest BCUT2D eigenvalue weighted by Gasteiger charge is 2.45. The molecule has 2 N–H and O–H groups in total. The van der Waals surface area contributed by atoms with Gasteiger partial charge in [-0.25, -0.2) is 0 Å². The number of anilines is 1. The highest BCUT2D eigenvalue weighted by atomic mass is 35.5. The molecule has 206 valence electrons. The summed E-state index contributed by atoms with van der Waals surface area (Å²) >= 11 is 6.00. The van der Waals surface area contributed by atoms with Crippen LogP contribution >= 0.6 is 11.6 Å². The Morgan fingerprint density at radius 3 is 2.26 bits per heavy atom. The molecule has 39 heavy (non-hydrogen) atoms. The lowest BCUT2D eigenvalue weighted by molar-refractivity contribution is -0.154. The zero-order valence-electron chi connectivity index (χ0n) is 20.8. The molecule has 0 bridgehead atoms. The van der Waals surface area contributed by atoms with Gasteiger partial charge >= 0.3 is 18.2 Å². The van der Waals surface area contributed by atoms with E-state index in [2.05, 4.69) is 20.3 Å². The summed E-state index contributed by atoms with van der Waals surface area (Å²) in [4.78, 5) is 35.5. The van der Waals surface area contributed by atoms with Crippen molar-refractivity contribution in [1.82, 2.24) is 15.0 Å². The van der Waals surface area contributed by atoms with Crippen LogP contribution in [0.5, 0.6) is 6.01 Å². The number of carboxylic acid groups (broad SMARTS) is 1. The molecule has 1 saturated carbocycles. The van der Waals surface area contributed by atoms with Crippen molar-refractivity contribution >= 4 is 29.3 Å². The Morgan fingerprint density at radius 2 is 1.64 bits per heavy atom. The predicted octanol–water partition coefficient (Wildman–Crippen LogP) is 5.99. The fourth-order valence-corrected chi connectivity index (χ4v) is 4.16. The van der Waals surface area contributed by atoms with Crippen LogP contribution in [-0.2, 0) is 16.8 Å². The number of nitrogens with one attached hydrogen (secondary N) is 1. The molecule has 0 unspecified atom stereocenters. The molecule has 1 heterocycles. The van der Waals surface area contributed by atoms with E-state index in [1.54, 1.807) is 36.4 Å². The van der Waals surface area contributed by atoms with E-state index in [4.69, 9.17) is 21.4 Å². The van der Waals surface area contributed by atoms with Gasteiger partial charge in [0.25, 0.3) is 0 Å². The van der Waals surface area contributed by atoms with Crippen molar-refractivity contribution < 1.29 is 32.6 Å². The Kier molecular flexibility index (Phi) is 8.69. The third-order valence-electron chi connectivity index (χ3n) is 6.21. The number of carbonyl (C=O) groups is 2. The Bertz CT molecular complexity index is 1310. The molecule has 1 aromatic heterocycles. The number of ether oxygens (including phenoxy) is 1. The van der Waals surface area contributed by atoms with Gasteiger partial charge in [0.1, 0.15) is 5.82 Å². The molecule has 1 aliphatic carbocycles. The Morgan fingerprint density at radius 1 is 0.974 bits per heavy atom. The molecule has 1 aliphatic rings. The number of rotatable bonds is 13. The summed E-state index contributed by atoms with van der Waals surface area (Å²) in [5.74, 6) is -0.701. The maximum atomic E-state index is 12.8. The van der Waals surface area contributed by atoms with Crippen LogP contribution in [0.1, 0.15) is 65.8 Å². The molecule has 12 heteroatoms. The number of carboxylic acids is 1. The van der Waals surface area contributed by atoms with Crippen LogP contribution in [0.2, 0.25) is 5.02 Å². The number of aliphatic carboxylic acids is 1. The van der Waals surface area contributed by atoms with Gasteiger partial charge < -0.3 is 15.2 Å². The van der Waals surface area contributed by atoms with E-state index in [1.165, 1.54) is 0 Å². The van der Waals surface area contributed by atoms with Gasteiger partial charge in [-0.2, -0.15) is 28.1 Å². The van der Waals surface area contributed by atoms with Crippen LogP contribution in [0, 0.1) is 0 Å². The molecule has 0 aliphatic heterocycles. The van der Waals surface area contributed by atoms with Gasteiger partial charge in [-0.3, -0.25) is 9.59 Å². The SMILES string of the molecule is O=C(O)CCCCC(=O)c1ccc(Cc2nc(NC3(c4ccc(Cl)cc4)CC3)nc(OCC(F)(F)F)n2)cc1. The van der Waals surface area contributed by atoms with Crippen molar-refractivity contribution in [3.63, 3.8) is 0 Å². The van der Waals surface area contributed by atoms with E-state index >= 15 is 0 Å². The van der Waals surface area contributed by atoms with Gasteiger partial charge in [0.2, 0.25) is 5.95 Å². The minimum Gasteiger partial charge on any atom is -0.481 e. The maximum absolute atomic E-state index is 12.8. The monoisotopic (exact) mass is 562 g/mol. The van der Waals surface area contributed by atoms with Gasteiger partial charge in [0.05, 0.1) is 5.54 Å².